The van der Waals surface area contributed by atoms with Crippen LogP contribution in [-0.2, 0) is 24.3 Å². The van der Waals surface area contributed by atoms with Crippen molar-refractivity contribution in [3.63, 3.8) is 0 Å². The average Bonchev–Trinajstić information content (AvgIpc) is 2.95. The van der Waals surface area contributed by atoms with E-state index in [1.807, 2.05) is 0 Å². The maximum Gasteiger partial charge on any atom is 0.258 e. The van der Waals surface area contributed by atoms with E-state index in [4.69, 9.17) is 5.73 Å². The van der Waals surface area contributed by atoms with Gasteiger partial charge in [0.2, 0.25) is 5.91 Å². The van der Waals surface area contributed by atoms with Gasteiger partial charge >= 0.3 is 0 Å². The number of thiophene rings is 1. The van der Waals surface area contributed by atoms with Crippen LogP contribution >= 0.6 is 11.3 Å². The summed E-state index contributed by atoms with van der Waals surface area (Å²) in [4.78, 5) is 31.5. The second kappa shape index (κ2) is 5.33. The molecule has 0 fully saturated rings. The van der Waals surface area contributed by atoms with Crippen molar-refractivity contribution in [2.45, 2.75) is 26.4 Å². The number of fused-ring (bicyclic) bond motifs is 1. The van der Waals surface area contributed by atoms with Gasteiger partial charge in [-0.1, -0.05) is 0 Å². The molecule has 0 bridgehead atoms. The molecule has 0 unspecified atom stereocenters. The van der Waals surface area contributed by atoms with E-state index in [0.717, 1.165) is 6.42 Å². The Kier molecular flexibility index (Phi) is 3.50. The molecular weight excluding hydrogens is 288 g/mol. The standard InChI is InChI=1S/C14H16N4O2S/c1-9-13(15)16-8-18(14(9)20)7-12(19)17-4-2-11-10(6-17)3-5-21-11/h3,5,8H,2,4,6-7,15H2,1H3. The molecule has 2 aromatic heterocycles. The molecule has 0 saturated carbocycles. The molecular formula is C14H16N4O2S. The van der Waals surface area contributed by atoms with Crippen molar-refractivity contribution in [3.8, 4) is 0 Å². The number of hydrogen-bond acceptors (Lipinski definition) is 5. The third-order valence-electron chi connectivity index (χ3n) is 3.77. The topological polar surface area (TPSA) is 81.2 Å². The third kappa shape index (κ3) is 2.56. The lowest BCUT2D eigenvalue weighted by Crippen LogP contribution is -2.39. The van der Waals surface area contributed by atoms with Gasteiger partial charge in [-0.15, -0.1) is 11.3 Å². The second-order valence-electron chi connectivity index (χ2n) is 5.12. The minimum atomic E-state index is -0.260. The number of anilines is 1. The summed E-state index contributed by atoms with van der Waals surface area (Å²) in [7, 11) is 0. The van der Waals surface area contributed by atoms with Crippen molar-refractivity contribution in [1.82, 2.24) is 14.5 Å². The van der Waals surface area contributed by atoms with E-state index in [2.05, 4.69) is 16.4 Å². The summed E-state index contributed by atoms with van der Waals surface area (Å²) in [6.07, 6.45) is 2.22. The first-order chi connectivity index (χ1) is 10.1. The molecule has 2 N–H and O–H groups in total. The predicted octanol–water partition coefficient (Wildman–Crippen LogP) is 0.780. The van der Waals surface area contributed by atoms with E-state index >= 15 is 0 Å². The summed E-state index contributed by atoms with van der Waals surface area (Å²) in [6, 6.07) is 2.06. The number of nitrogens with two attached hydrogens (primary N) is 1. The minimum Gasteiger partial charge on any atom is -0.383 e. The molecule has 0 radical (unpaired) electrons. The van der Waals surface area contributed by atoms with E-state index in [0.29, 0.717) is 18.7 Å². The van der Waals surface area contributed by atoms with Crippen molar-refractivity contribution in [3.05, 3.63) is 44.1 Å². The smallest absolute Gasteiger partial charge is 0.258 e. The lowest BCUT2D eigenvalue weighted by Gasteiger charge is -2.27. The summed E-state index contributed by atoms with van der Waals surface area (Å²) in [5.41, 5.74) is 6.91. The Morgan fingerprint density at radius 3 is 3.14 bits per heavy atom. The SMILES string of the molecule is Cc1c(N)ncn(CC(=O)N2CCc3sccc3C2)c1=O. The monoisotopic (exact) mass is 304 g/mol. The van der Waals surface area contributed by atoms with Crippen LogP contribution < -0.4 is 11.3 Å². The molecule has 0 atom stereocenters. The number of amides is 1. The summed E-state index contributed by atoms with van der Waals surface area (Å²) in [6.45, 7) is 2.94. The van der Waals surface area contributed by atoms with Gasteiger partial charge in [-0.2, -0.15) is 0 Å². The van der Waals surface area contributed by atoms with Gasteiger partial charge in [0, 0.05) is 18.0 Å². The van der Waals surface area contributed by atoms with Crippen LogP contribution in [0.25, 0.3) is 0 Å². The first kappa shape index (κ1) is 13.8. The largest absolute Gasteiger partial charge is 0.383 e. The van der Waals surface area contributed by atoms with Gasteiger partial charge in [0.25, 0.3) is 5.56 Å². The molecule has 110 valence electrons. The molecule has 0 aliphatic carbocycles. The fourth-order valence-electron chi connectivity index (χ4n) is 2.43. The number of carbonyl (C=O) groups excluding carboxylic acids is 1. The Morgan fingerprint density at radius 2 is 2.33 bits per heavy atom. The van der Waals surface area contributed by atoms with Gasteiger partial charge in [-0.25, -0.2) is 4.98 Å². The van der Waals surface area contributed by atoms with Crippen molar-refractivity contribution in [2.24, 2.45) is 0 Å². The highest BCUT2D eigenvalue weighted by molar-refractivity contribution is 7.10. The van der Waals surface area contributed by atoms with Gasteiger partial charge in [-0.05, 0) is 30.4 Å². The highest BCUT2D eigenvalue weighted by Gasteiger charge is 2.22. The average molecular weight is 304 g/mol. The van der Waals surface area contributed by atoms with Crippen LogP contribution in [0.3, 0.4) is 0 Å². The number of aromatic nitrogens is 2. The zero-order valence-electron chi connectivity index (χ0n) is 11.7. The summed E-state index contributed by atoms with van der Waals surface area (Å²) in [5.74, 6) is 0.143. The molecule has 1 aliphatic rings. The molecule has 6 nitrogen and oxygen atoms in total. The van der Waals surface area contributed by atoms with Crippen LogP contribution in [0.1, 0.15) is 16.0 Å². The Labute approximate surface area is 125 Å². The Bertz CT molecular complexity index is 750. The van der Waals surface area contributed by atoms with Gasteiger partial charge in [0.15, 0.2) is 0 Å². The molecule has 0 spiro atoms. The molecule has 2 aromatic rings. The highest BCUT2D eigenvalue weighted by atomic mass is 32.1. The quantitative estimate of drug-likeness (QED) is 0.889. The first-order valence-electron chi connectivity index (χ1n) is 6.71. The van der Waals surface area contributed by atoms with Crippen molar-refractivity contribution in [2.75, 3.05) is 12.3 Å². The van der Waals surface area contributed by atoms with Crippen LogP contribution in [0.5, 0.6) is 0 Å². The number of rotatable bonds is 2. The van der Waals surface area contributed by atoms with Crippen LogP contribution in [-0.4, -0.2) is 26.9 Å². The minimum absolute atomic E-state index is 0.00637. The summed E-state index contributed by atoms with van der Waals surface area (Å²) in [5, 5.41) is 2.05. The van der Waals surface area contributed by atoms with Crippen LogP contribution in [0.2, 0.25) is 0 Å². The highest BCUT2D eigenvalue weighted by Crippen LogP contribution is 2.24. The van der Waals surface area contributed by atoms with Gasteiger partial charge in [0.05, 0.1) is 5.56 Å². The molecule has 1 amide bonds. The summed E-state index contributed by atoms with van der Waals surface area (Å²) < 4.78 is 1.32. The molecule has 0 saturated heterocycles. The van der Waals surface area contributed by atoms with E-state index < -0.39 is 0 Å². The van der Waals surface area contributed by atoms with E-state index in [9.17, 15) is 9.59 Å². The van der Waals surface area contributed by atoms with E-state index in [1.54, 1.807) is 23.2 Å². The number of carbonyl (C=O) groups is 1. The predicted molar refractivity (Wildman–Crippen MR) is 81.1 cm³/mol. The van der Waals surface area contributed by atoms with Crippen molar-refractivity contribution < 1.29 is 4.79 Å². The number of hydrogen-bond donors (Lipinski definition) is 1. The van der Waals surface area contributed by atoms with Crippen LogP contribution in [0, 0.1) is 6.92 Å². The Morgan fingerprint density at radius 1 is 1.52 bits per heavy atom. The number of nitrogen functional groups attached to an aromatic ring is 1. The lowest BCUT2D eigenvalue weighted by atomic mass is 10.1. The third-order valence-corrected chi connectivity index (χ3v) is 4.79. The van der Waals surface area contributed by atoms with Crippen molar-refractivity contribution >= 4 is 23.1 Å². The molecule has 3 heterocycles. The first-order valence-corrected chi connectivity index (χ1v) is 7.58. The zero-order valence-corrected chi connectivity index (χ0v) is 12.5. The van der Waals surface area contributed by atoms with Gasteiger partial charge < -0.3 is 10.6 Å². The maximum atomic E-state index is 12.4. The van der Waals surface area contributed by atoms with Crippen molar-refractivity contribution in [1.29, 1.82) is 0 Å². The fraction of sp³-hybridized carbons (Fsp3) is 0.357. The lowest BCUT2D eigenvalue weighted by molar-refractivity contribution is -0.132. The van der Waals surface area contributed by atoms with Crippen LogP contribution in [0.4, 0.5) is 5.82 Å². The molecule has 7 heteroatoms. The molecule has 21 heavy (non-hydrogen) atoms. The van der Waals surface area contributed by atoms with Crippen LogP contribution in [0.15, 0.2) is 22.6 Å². The normalized spacial score (nSPS) is 14.0. The molecule has 3 rings (SSSR count). The van der Waals surface area contributed by atoms with Gasteiger partial charge in [0.1, 0.15) is 18.7 Å². The number of nitrogens with zero attached hydrogens (tertiary/aromatic N) is 3. The molecule has 0 aromatic carbocycles. The van der Waals surface area contributed by atoms with E-state index in [-0.39, 0.29) is 23.8 Å². The summed E-state index contributed by atoms with van der Waals surface area (Å²) >= 11 is 1.73. The van der Waals surface area contributed by atoms with E-state index in [1.165, 1.54) is 21.3 Å². The van der Waals surface area contributed by atoms with Gasteiger partial charge in [-0.3, -0.25) is 14.2 Å². The Balaban J connectivity index is 1.76. The maximum absolute atomic E-state index is 12.4. The zero-order chi connectivity index (χ0) is 15.0. The Hall–Kier alpha value is -2.15. The second-order valence-corrected chi connectivity index (χ2v) is 6.12. The fourth-order valence-corrected chi connectivity index (χ4v) is 3.32. The molecule has 1 aliphatic heterocycles.